The minimum atomic E-state index is -0.751. The molecule has 0 fully saturated rings. The zero-order valence-corrected chi connectivity index (χ0v) is 15.6. The monoisotopic (exact) mass is 387 g/mol. The molecule has 9 heteroatoms. The summed E-state index contributed by atoms with van der Waals surface area (Å²) in [5, 5.41) is 13.0. The molecule has 0 radical (unpaired) electrons. The molecule has 0 spiro atoms. The maximum Gasteiger partial charge on any atom is 0.329 e. The number of rotatable bonds is 6. The Morgan fingerprint density at radius 3 is 2.63 bits per heavy atom. The second-order valence-electron chi connectivity index (χ2n) is 5.77. The zero-order chi connectivity index (χ0) is 19.6. The van der Waals surface area contributed by atoms with Crippen LogP contribution in [0.3, 0.4) is 0 Å². The van der Waals surface area contributed by atoms with E-state index in [1.54, 1.807) is 31.4 Å². The smallest absolute Gasteiger partial charge is 0.329 e. The van der Waals surface area contributed by atoms with E-state index in [0.717, 1.165) is 0 Å². The molecular formula is C18H17N3O5S. The molecule has 0 aliphatic carbocycles. The van der Waals surface area contributed by atoms with Crippen LogP contribution in [0.15, 0.2) is 40.8 Å². The molecule has 0 saturated carbocycles. The zero-order valence-electron chi connectivity index (χ0n) is 14.7. The van der Waals surface area contributed by atoms with E-state index < -0.39 is 16.9 Å². The molecule has 1 unspecified atom stereocenters. The minimum absolute atomic E-state index is 0.0258. The van der Waals surface area contributed by atoms with E-state index in [-0.39, 0.29) is 17.9 Å². The van der Waals surface area contributed by atoms with Crippen LogP contribution in [0, 0.1) is 10.1 Å². The van der Waals surface area contributed by atoms with Gasteiger partial charge in [-0.25, -0.2) is 9.78 Å². The molecule has 0 saturated heterocycles. The fourth-order valence-corrected chi connectivity index (χ4v) is 3.76. The van der Waals surface area contributed by atoms with Gasteiger partial charge in [0.25, 0.3) is 11.2 Å². The molecule has 1 aromatic carbocycles. The highest BCUT2D eigenvalue weighted by molar-refractivity contribution is 7.17. The van der Waals surface area contributed by atoms with Crippen molar-refractivity contribution in [3.8, 4) is 11.1 Å². The number of carbonyl (C=O) groups excluding carboxylic acids is 1. The van der Waals surface area contributed by atoms with Crippen LogP contribution in [0.5, 0.6) is 0 Å². The second kappa shape index (κ2) is 7.67. The minimum Gasteiger partial charge on any atom is -0.464 e. The van der Waals surface area contributed by atoms with Gasteiger partial charge in [0.1, 0.15) is 10.9 Å². The normalized spacial score (nSPS) is 12.1. The molecule has 2 heterocycles. The molecule has 0 aliphatic rings. The summed E-state index contributed by atoms with van der Waals surface area (Å²) < 4.78 is 6.35. The highest BCUT2D eigenvalue weighted by Gasteiger charge is 2.23. The van der Waals surface area contributed by atoms with E-state index in [1.165, 1.54) is 34.4 Å². The number of benzene rings is 1. The van der Waals surface area contributed by atoms with Crippen molar-refractivity contribution in [2.24, 2.45) is 0 Å². The van der Waals surface area contributed by atoms with Gasteiger partial charge in [0.2, 0.25) is 0 Å². The average molecular weight is 387 g/mol. The van der Waals surface area contributed by atoms with Gasteiger partial charge >= 0.3 is 5.97 Å². The molecule has 8 nitrogen and oxygen atoms in total. The number of hydrogen-bond donors (Lipinski definition) is 0. The maximum atomic E-state index is 13.1. The SMILES string of the molecule is CCOC(=O)C(CC)n1cnc2scc(-c3ccc([N+](=O)[O-])cc3)c2c1=O. The lowest BCUT2D eigenvalue weighted by molar-refractivity contribution is -0.384. The van der Waals surface area contributed by atoms with Crippen LogP contribution >= 0.6 is 11.3 Å². The van der Waals surface area contributed by atoms with Crippen LogP contribution in [0.25, 0.3) is 21.3 Å². The number of carbonyl (C=O) groups is 1. The highest BCUT2D eigenvalue weighted by Crippen LogP contribution is 2.32. The Morgan fingerprint density at radius 1 is 1.33 bits per heavy atom. The molecule has 1 atom stereocenters. The van der Waals surface area contributed by atoms with Crippen molar-refractivity contribution in [3.05, 3.63) is 56.4 Å². The van der Waals surface area contributed by atoms with Crippen LogP contribution in [-0.2, 0) is 9.53 Å². The maximum absolute atomic E-state index is 13.1. The lowest BCUT2D eigenvalue weighted by Crippen LogP contribution is -2.31. The summed E-state index contributed by atoms with van der Waals surface area (Å²) in [5.74, 6) is -0.477. The van der Waals surface area contributed by atoms with Crippen LogP contribution in [0.4, 0.5) is 5.69 Å². The number of thiophene rings is 1. The summed E-state index contributed by atoms with van der Waals surface area (Å²) in [6.07, 6.45) is 1.76. The first-order valence-electron chi connectivity index (χ1n) is 8.37. The van der Waals surface area contributed by atoms with Gasteiger partial charge in [-0.2, -0.15) is 0 Å². The molecule has 3 rings (SSSR count). The second-order valence-corrected chi connectivity index (χ2v) is 6.62. The predicted octanol–water partition coefficient (Wildman–Crippen LogP) is 3.55. The van der Waals surface area contributed by atoms with E-state index in [9.17, 15) is 19.7 Å². The summed E-state index contributed by atoms with van der Waals surface area (Å²) in [6, 6.07) is 5.22. The first-order valence-corrected chi connectivity index (χ1v) is 9.25. The molecule has 140 valence electrons. The quantitative estimate of drug-likeness (QED) is 0.364. The molecule has 0 bridgehead atoms. The summed E-state index contributed by atoms with van der Waals surface area (Å²) >= 11 is 1.31. The van der Waals surface area contributed by atoms with Crippen molar-refractivity contribution in [1.82, 2.24) is 9.55 Å². The number of nitro benzene ring substituents is 1. The Balaban J connectivity index is 2.13. The van der Waals surface area contributed by atoms with Crippen LogP contribution in [0.2, 0.25) is 0 Å². The summed E-state index contributed by atoms with van der Waals surface area (Å²) in [7, 11) is 0. The lowest BCUT2D eigenvalue weighted by atomic mass is 10.1. The van der Waals surface area contributed by atoms with E-state index in [0.29, 0.717) is 27.8 Å². The number of nitro groups is 1. The van der Waals surface area contributed by atoms with Crippen molar-refractivity contribution in [2.45, 2.75) is 26.3 Å². The Kier molecular flexibility index (Phi) is 5.31. The largest absolute Gasteiger partial charge is 0.464 e. The van der Waals surface area contributed by atoms with Crippen molar-refractivity contribution in [1.29, 1.82) is 0 Å². The standard InChI is InChI=1S/C18H17N3O5S/c1-3-14(18(23)26-4-2)20-10-19-16-15(17(20)22)13(9-27-16)11-5-7-12(8-6-11)21(24)25/h5-10,14H,3-4H2,1-2H3. The Morgan fingerprint density at radius 2 is 2.04 bits per heavy atom. The predicted molar refractivity (Wildman–Crippen MR) is 102 cm³/mol. The molecule has 0 N–H and O–H groups in total. The summed E-state index contributed by atoms with van der Waals surface area (Å²) in [4.78, 5) is 40.5. The molecular weight excluding hydrogens is 370 g/mol. The van der Waals surface area contributed by atoms with Crippen LogP contribution in [0.1, 0.15) is 26.3 Å². The van der Waals surface area contributed by atoms with Gasteiger partial charge in [-0.3, -0.25) is 19.5 Å². The van der Waals surface area contributed by atoms with Gasteiger partial charge in [0.05, 0.1) is 23.2 Å². The van der Waals surface area contributed by atoms with E-state index in [1.807, 2.05) is 0 Å². The van der Waals surface area contributed by atoms with E-state index >= 15 is 0 Å². The molecule has 0 amide bonds. The fraction of sp³-hybridized carbons (Fsp3) is 0.278. The van der Waals surface area contributed by atoms with Gasteiger partial charge in [-0.15, -0.1) is 11.3 Å². The number of nitrogens with zero attached hydrogens (tertiary/aromatic N) is 3. The molecule has 3 aromatic rings. The molecule has 27 heavy (non-hydrogen) atoms. The summed E-state index contributed by atoms with van der Waals surface area (Å²) in [5.41, 5.74) is 0.944. The van der Waals surface area contributed by atoms with E-state index in [2.05, 4.69) is 4.98 Å². The Hall–Kier alpha value is -3.07. The topological polar surface area (TPSA) is 104 Å². The van der Waals surface area contributed by atoms with Crippen molar-refractivity contribution >= 4 is 33.2 Å². The number of ether oxygens (including phenoxy) is 1. The number of aromatic nitrogens is 2. The Bertz CT molecular complexity index is 1060. The van der Waals surface area contributed by atoms with Crippen molar-refractivity contribution in [3.63, 3.8) is 0 Å². The van der Waals surface area contributed by atoms with Gasteiger partial charge in [0.15, 0.2) is 0 Å². The fourth-order valence-electron chi connectivity index (χ4n) is 2.86. The first kappa shape index (κ1) is 18.7. The van der Waals surface area contributed by atoms with Crippen molar-refractivity contribution < 1.29 is 14.5 Å². The highest BCUT2D eigenvalue weighted by atomic mass is 32.1. The average Bonchev–Trinajstić information content (AvgIpc) is 3.09. The van der Waals surface area contributed by atoms with E-state index in [4.69, 9.17) is 4.74 Å². The van der Waals surface area contributed by atoms with Gasteiger partial charge in [0, 0.05) is 23.1 Å². The van der Waals surface area contributed by atoms with Gasteiger partial charge in [-0.1, -0.05) is 6.92 Å². The third kappa shape index (κ3) is 3.45. The van der Waals surface area contributed by atoms with Gasteiger partial charge < -0.3 is 4.74 Å². The van der Waals surface area contributed by atoms with Gasteiger partial charge in [-0.05, 0) is 31.0 Å². The lowest BCUT2D eigenvalue weighted by Gasteiger charge is -2.16. The third-order valence-corrected chi connectivity index (χ3v) is 5.08. The van der Waals surface area contributed by atoms with Crippen molar-refractivity contribution in [2.75, 3.05) is 6.61 Å². The number of esters is 1. The summed E-state index contributed by atoms with van der Waals surface area (Å²) in [6.45, 7) is 3.73. The Labute approximate surface area is 158 Å². The number of hydrogen-bond acceptors (Lipinski definition) is 7. The molecule has 2 aromatic heterocycles. The van der Waals surface area contributed by atoms with Crippen LogP contribution < -0.4 is 5.56 Å². The number of fused-ring (bicyclic) bond motifs is 1. The first-order chi connectivity index (χ1) is 13.0. The molecule has 0 aliphatic heterocycles. The number of non-ortho nitro benzene ring substituents is 1. The van der Waals surface area contributed by atoms with Crippen LogP contribution in [-0.4, -0.2) is 27.1 Å². The third-order valence-electron chi connectivity index (χ3n) is 4.19.